The van der Waals surface area contributed by atoms with Gasteiger partial charge in [0.2, 0.25) is 5.78 Å². The Hall–Kier alpha value is -3.71. The first-order chi connectivity index (χ1) is 14.1. The van der Waals surface area contributed by atoms with E-state index in [1.807, 2.05) is 30.3 Å². The van der Waals surface area contributed by atoms with Crippen LogP contribution in [0.2, 0.25) is 0 Å². The molecule has 144 valence electrons. The maximum Gasteiger partial charge on any atom is 0.206 e. The largest absolute Gasteiger partial charge is 0.457 e. The van der Waals surface area contributed by atoms with Crippen LogP contribution in [0.15, 0.2) is 78.9 Å². The smallest absolute Gasteiger partial charge is 0.206 e. The number of thiazole rings is 1. The van der Waals surface area contributed by atoms with Crippen LogP contribution in [-0.2, 0) is 0 Å². The van der Waals surface area contributed by atoms with Gasteiger partial charge in [0.1, 0.15) is 28.0 Å². The third kappa shape index (κ3) is 4.41. The van der Waals surface area contributed by atoms with Gasteiger partial charge in [-0.25, -0.2) is 9.37 Å². The van der Waals surface area contributed by atoms with Crippen LogP contribution in [-0.4, -0.2) is 10.8 Å². The van der Waals surface area contributed by atoms with E-state index in [9.17, 15) is 9.18 Å². The Kier molecular flexibility index (Phi) is 5.22. The number of carbonyl (C=O) groups is 1. The number of anilines is 3. The standard InChI is InChI=1S/C22H16FN3O2S/c23-15-8-10-16(11-9-15)25-22-26-21(24)20(29-22)19(27)14-6-12-18(13-7-14)28-17-4-2-1-3-5-17/h1-13H,24H2,(H,25,26). The molecular formula is C22H16FN3O2S. The Morgan fingerprint density at radius 1 is 0.931 bits per heavy atom. The third-order valence-corrected chi connectivity index (χ3v) is 5.04. The first kappa shape index (κ1) is 18.6. The maximum absolute atomic E-state index is 13.0. The molecule has 0 amide bonds. The number of nitrogens with zero attached hydrogens (tertiary/aromatic N) is 1. The first-order valence-electron chi connectivity index (χ1n) is 8.75. The number of ketones is 1. The molecule has 1 heterocycles. The Bertz CT molecular complexity index is 1130. The van der Waals surface area contributed by atoms with Crippen LogP contribution in [0.3, 0.4) is 0 Å². The van der Waals surface area contributed by atoms with Crippen molar-refractivity contribution in [2.45, 2.75) is 0 Å². The van der Waals surface area contributed by atoms with Crippen LogP contribution in [0, 0.1) is 5.82 Å². The number of nitrogen functional groups attached to an aromatic ring is 1. The van der Waals surface area contributed by atoms with E-state index in [1.165, 1.54) is 12.1 Å². The second-order valence-corrected chi connectivity index (χ2v) is 7.13. The summed E-state index contributed by atoms with van der Waals surface area (Å²) in [4.78, 5) is 17.4. The zero-order valence-electron chi connectivity index (χ0n) is 15.1. The van der Waals surface area contributed by atoms with E-state index in [4.69, 9.17) is 10.5 Å². The molecule has 0 aliphatic rings. The first-order valence-corrected chi connectivity index (χ1v) is 9.57. The highest BCUT2D eigenvalue weighted by Gasteiger charge is 2.18. The highest BCUT2D eigenvalue weighted by Crippen LogP contribution is 2.30. The van der Waals surface area contributed by atoms with Crippen molar-refractivity contribution in [2.24, 2.45) is 0 Å². The third-order valence-electron chi connectivity index (χ3n) is 4.05. The summed E-state index contributed by atoms with van der Waals surface area (Å²) in [7, 11) is 0. The van der Waals surface area contributed by atoms with E-state index in [0.29, 0.717) is 27.0 Å². The molecule has 5 nitrogen and oxygen atoms in total. The average Bonchev–Trinajstić information content (AvgIpc) is 3.10. The summed E-state index contributed by atoms with van der Waals surface area (Å²) >= 11 is 1.15. The van der Waals surface area contributed by atoms with Crippen LogP contribution in [0.1, 0.15) is 15.2 Å². The number of nitrogens with one attached hydrogen (secondary N) is 1. The van der Waals surface area contributed by atoms with Crippen LogP contribution in [0.4, 0.5) is 21.0 Å². The molecule has 4 rings (SSSR count). The van der Waals surface area contributed by atoms with Crippen molar-refractivity contribution < 1.29 is 13.9 Å². The molecule has 4 aromatic rings. The van der Waals surface area contributed by atoms with E-state index in [-0.39, 0.29) is 17.4 Å². The zero-order chi connectivity index (χ0) is 20.2. The molecule has 0 radical (unpaired) electrons. The molecule has 0 fully saturated rings. The van der Waals surface area contributed by atoms with E-state index in [0.717, 1.165) is 17.1 Å². The van der Waals surface area contributed by atoms with Gasteiger partial charge in [0.05, 0.1) is 0 Å². The van der Waals surface area contributed by atoms with Gasteiger partial charge in [-0.15, -0.1) is 0 Å². The van der Waals surface area contributed by atoms with Crippen molar-refractivity contribution in [3.05, 3.63) is 95.1 Å². The summed E-state index contributed by atoms with van der Waals surface area (Å²) in [6, 6.07) is 22.1. The normalized spacial score (nSPS) is 10.5. The summed E-state index contributed by atoms with van der Waals surface area (Å²) in [5.74, 6) is 0.941. The number of halogens is 1. The molecule has 3 N–H and O–H groups in total. The fourth-order valence-electron chi connectivity index (χ4n) is 2.63. The van der Waals surface area contributed by atoms with Crippen molar-refractivity contribution in [2.75, 3.05) is 11.1 Å². The Morgan fingerprint density at radius 2 is 1.59 bits per heavy atom. The molecule has 0 aliphatic carbocycles. The zero-order valence-corrected chi connectivity index (χ0v) is 15.9. The molecule has 29 heavy (non-hydrogen) atoms. The Labute approximate surface area is 170 Å². The quantitative estimate of drug-likeness (QED) is 0.407. The summed E-state index contributed by atoms with van der Waals surface area (Å²) in [6.45, 7) is 0. The van der Waals surface area contributed by atoms with Crippen molar-refractivity contribution in [1.82, 2.24) is 4.98 Å². The summed E-state index contributed by atoms with van der Waals surface area (Å²) < 4.78 is 18.8. The van der Waals surface area contributed by atoms with E-state index in [2.05, 4.69) is 10.3 Å². The monoisotopic (exact) mass is 405 g/mol. The van der Waals surface area contributed by atoms with Gasteiger partial charge in [-0.1, -0.05) is 29.5 Å². The van der Waals surface area contributed by atoms with E-state index >= 15 is 0 Å². The molecule has 0 bridgehead atoms. The lowest BCUT2D eigenvalue weighted by molar-refractivity contribution is 0.104. The number of aromatic nitrogens is 1. The number of rotatable bonds is 6. The van der Waals surface area contributed by atoms with Gasteiger partial charge >= 0.3 is 0 Å². The predicted molar refractivity (Wildman–Crippen MR) is 113 cm³/mol. The van der Waals surface area contributed by atoms with Crippen molar-refractivity contribution in [1.29, 1.82) is 0 Å². The number of hydrogen-bond donors (Lipinski definition) is 2. The van der Waals surface area contributed by atoms with Gasteiger partial charge in [0, 0.05) is 11.3 Å². The molecule has 0 saturated heterocycles. The average molecular weight is 405 g/mol. The highest BCUT2D eigenvalue weighted by molar-refractivity contribution is 7.18. The molecular weight excluding hydrogens is 389 g/mol. The van der Waals surface area contributed by atoms with Crippen molar-refractivity contribution in [3.8, 4) is 11.5 Å². The maximum atomic E-state index is 13.0. The number of carbonyl (C=O) groups excluding carboxylic acids is 1. The summed E-state index contributed by atoms with van der Waals surface area (Å²) in [5.41, 5.74) is 7.08. The number of ether oxygens (including phenoxy) is 1. The second-order valence-electron chi connectivity index (χ2n) is 6.13. The molecule has 0 aliphatic heterocycles. The van der Waals surface area contributed by atoms with E-state index in [1.54, 1.807) is 36.4 Å². The summed E-state index contributed by atoms with van der Waals surface area (Å²) in [6.07, 6.45) is 0. The lowest BCUT2D eigenvalue weighted by atomic mass is 10.1. The minimum atomic E-state index is -0.329. The van der Waals surface area contributed by atoms with Gasteiger partial charge in [-0.3, -0.25) is 4.79 Å². The lowest BCUT2D eigenvalue weighted by Crippen LogP contribution is -2.02. The minimum absolute atomic E-state index is 0.147. The number of para-hydroxylation sites is 1. The number of hydrogen-bond acceptors (Lipinski definition) is 6. The Morgan fingerprint density at radius 3 is 2.28 bits per heavy atom. The number of benzene rings is 3. The van der Waals surface area contributed by atoms with Gasteiger partial charge in [-0.2, -0.15) is 0 Å². The SMILES string of the molecule is Nc1nc(Nc2ccc(F)cc2)sc1C(=O)c1ccc(Oc2ccccc2)cc1. The molecule has 1 aromatic heterocycles. The predicted octanol–water partition coefficient (Wildman–Crippen LogP) is 5.63. The topological polar surface area (TPSA) is 77.2 Å². The van der Waals surface area contributed by atoms with Gasteiger partial charge in [0.15, 0.2) is 5.13 Å². The van der Waals surface area contributed by atoms with E-state index < -0.39 is 0 Å². The van der Waals surface area contributed by atoms with Crippen LogP contribution >= 0.6 is 11.3 Å². The Balaban J connectivity index is 1.49. The van der Waals surface area contributed by atoms with Crippen LogP contribution < -0.4 is 15.8 Å². The van der Waals surface area contributed by atoms with Gasteiger partial charge < -0.3 is 15.8 Å². The van der Waals surface area contributed by atoms with Crippen LogP contribution in [0.5, 0.6) is 11.5 Å². The van der Waals surface area contributed by atoms with Crippen molar-refractivity contribution in [3.63, 3.8) is 0 Å². The fraction of sp³-hybridized carbons (Fsp3) is 0. The molecule has 7 heteroatoms. The van der Waals surface area contributed by atoms with Crippen molar-refractivity contribution >= 4 is 33.8 Å². The summed E-state index contributed by atoms with van der Waals surface area (Å²) in [5, 5.41) is 3.48. The molecule has 3 aromatic carbocycles. The van der Waals surface area contributed by atoms with Gasteiger partial charge in [-0.05, 0) is 60.7 Å². The lowest BCUT2D eigenvalue weighted by Gasteiger charge is -2.06. The molecule has 0 unspecified atom stereocenters. The highest BCUT2D eigenvalue weighted by atomic mass is 32.1. The second kappa shape index (κ2) is 8.12. The number of nitrogens with two attached hydrogens (primary N) is 1. The van der Waals surface area contributed by atoms with Gasteiger partial charge in [0.25, 0.3) is 0 Å². The minimum Gasteiger partial charge on any atom is -0.457 e. The molecule has 0 spiro atoms. The molecule has 0 atom stereocenters. The van der Waals surface area contributed by atoms with Crippen LogP contribution in [0.25, 0.3) is 0 Å². The molecule has 0 saturated carbocycles. The fourth-order valence-corrected chi connectivity index (χ4v) is 3.50.